The average Bonchev–Trinajstić information content (AvgIpc) is 2.84. The van der Waals surface area contributed by atoms with E-state index in [2.05, 4.69) is 10.1 Å². The van der Waals surface area contributed by atoms with Crippen LogP contribution < -0.4 is 0 Å². The fourth-order valence-corrected chi connectivity index (χ4v) is 3.00. The zero-order valence-corrected chi connectivity index (χ0v) is 13.1. The lowest BCUT2D eigenvalue weighted by Crippen LogP contribution is -2.20. The summed E-state index contributed by atoms with van der Waals surface area (Å²) in [7, 11) is 0. The number of hydrogen-bond acceptors (Lipinski definition) is 5. The minimum absolute atomic E-state index is 0.176. The molecule has 0 saturated heterocycles. The van der Waals surface area contributed by atoms with Crippen molar-refractivity contribution >= 4 is 11.8 Å². The lowest BCUT2D eigenvalue weighted by atomic mass is 9.91. The first-order valence-corrected chi connectivity index (χ1v) is 7.85. The average molecular weight is 310 g/mol. The highest BCUT2D eigenvalue weighted by atomic mass is 32.2. The number of thioether (sulfide) groups is 1. The second-order valence-corrected chi connectivity index (χ2v) is 6.35. The highest BCUT2D eigenvalue weighted by Crippen LogP contribution is 2.28. The summed E-state index contributed by atoms with van der Waals surface area (Å²) in [6.45, 7) is 5.72. The van der Waals surface area contributed by atoms with Crippen LogP contribution in [0.15, 0.2) is 33.7 Å². The molecule has 1 aromatic carbocycles. The Morgan fingerprint density at radius 1 is 1.33 bits per heavy atom. The number of hydrogen-bond donors (Lipinski definition) is 1. The van der Waals surface area contributed by atoms with Crippen LogP contribution >= 0.6 is 11.8 Å². The van der Waals surface area contributed by atoms with Gasteiger partial charge in [0.2, 0.25) is 5.89 Å². The number of nitrogens with zero attached hydrogens (tertiary/aromatic N) is 2. The number of aliphatic hydroxyl groups is 1. The Labute approximate surface area is 127 Å². The molecule has 2 unspecified atom stereocenters. The normalized spacial score (nSPS) is 14.4. The molecule has 114 valence electrons. The van der Waals surface area contributed by atoms with E-state index in [0.717, 1.165) is 4.90 Å². The van der Waals surface area contributed by atoms with Gasteiger partial charge in [0, 0.05) is 4.90 Å². The first kappa shape index (κ1) is 16.0. The summed E-state index contributed by atoms with van der Waals surface area (Å²) in [4.78, 5) is 5.16. The first-order valence-electron chi connectivity index (χ1n) is 6.86. The van der Waals surface area contributed by atoms with Gasteiger partial charge in [0.25, 0.3) is 0 Å². The molecule has 1 heterocycles. The second-order valence-electron chi connectivity index (χ2n) is 5.31. The molecule has 4 nitrogen and oxygen atoms in total. The molecule has 21 heavy (non-hydrogen) atoms. The molecule has 0 aliphatic heterocycles. The summed E-state index contributed by atoms with van der Waals surface area (Å²) in [6, 6.07) is 6.38. The van der Waals surface area contributed by atoms with Crippen LogP contribution in [0.1, 0.15) is 38.4 Å². The van der Waals surface area contributed by atoms with Gasteiger partial charge < -0.3 is 9.63 Å². The van der Waals surface area contributed by atoms with E-state index in [1.807, 2.05) is 19.9 Å². The predicted octanol–water partition coefficient (Wildman–Crippen LogP) is 3.62. The lowest BCUT2D eigenvalue weighted by Gasteiger charge is -2.19. The summed E-state index contributed by atoms with van der Waals surface area (Å²) in [5.41, 5.74) is 0. The molecule has 1 N–H and O–H groups in total. The van der Waals surface area contributed by atoms with E-state index in [-0.39, 0.29) is 17.7 Å². The van der Waals surface area contributed by atoms with Gasteiger partial charge in [-0.05, 0) is 31.0 Å². The third-order valence-electron chi connectivity index (χ3n) is 3.17. The first-order chi connectivity index (χ1) is 9.97. The molecule has 0 fully saturated rings. The molecule has 0 spiro atoms. The van der Waals surface area contributed by atoms with Crippen LogP contribution in [0.5, 0.6) is 0 Å². The Bertz CT molecular complexity index is 579. The Hall–Kier alpha value is -1.40. The topological polar surface area (TPSA) is 59.2 Å². The van der Waals surface area contributed by atoms with E-state index in [1.54, 1.807) is 13.0 Å². The van der Waals surface area contributed by atoms with Crippen LogP contribution in [0.3, 0.4) is 0 Å². The predicted molar refractivity (Wildman–Crippen MR) is 79.5 cm³/mol. The van der Waals surface area contributed by atoms with Gasteiger partial charge in [-0.1, -0.05) is 25.1 Å². The summed E-state index contributed by atoms with van der Waals surface area (Å²) in [5.74, 6) is 1.26. The van der Waals surface area contributed by atoms with E-state index in [1.165, 1.54) is 23.9 Å². The fraction of sp³-hybridized carbons (Fsp3) is 0.467. The molecule has 6 heteroatoms. The van der Waals surface area contributed by atoms with Crippen molar-refractivity contribution in [2.24, 2.45) is 5.92 Å². The highest BCUT2D eigenvalue weighted by molar-refractivity contribution is 7.98. The minimum atomic E-state index is -0.547. The van der Waals surface area contributed by atoms with Crippen molar-refractivity contribution in [3.05, 3.63) is 41.8 Å². The quantitative estimate of drug-likeness (QED) is 0.826. The van der Waals surface area contributed by atoms with Crippen molar-refractivity contribution in [1.29, 1.82) is 0 Å². The van der Waals surface area contributed by atoms with Gasteiger partial charge in [-0.2, -0.15) is 4.98 Å². The van der Waals surface area contributed by atoms with Gasteiger partial charge in [0.1, 0.15) is 5.82 Å². The number of aliphatic hydroxyl groups excluding tert-OH is 1. The van der Waals surface area contributed by atoms with E-state index in [9.17, 15) is 9.50 Å². The van der Waals surface area contributed by atoms with E-state index < -0.39 is 6.10 Å². The van der Waals surface area contributed by atoms with Crippen LogP contribution in [0, 0.1) is 11.7 Å². The Morgan fingerprint density at radius 3 is 2.71 bits per heavy atom. The van der Waals surface area contributed by atoms with E-state index in [4.69, 9.17) is 4.52 Å². The van der Waals surface area contributed by atoms with Gasteiger partial charge >= 0.3 is 0 Å². The van der Waals surface area contributed by atoms with Crippen LogP contribution in [-0.4, -0.2) is 21.4 Å². The second kappa shape index (κ2) is 7.04. The zero-order chi connectivity index (χ0) is 15.4. The Balaban J connectivity index is 2.03. The minimum Gasteiger partial charge on any atom is -0.393 e. The van der Waals surface area contributed by atoms with Crippen molar-refractivity contribution in [1.82, 2.24) is 10.1 Å². The van der Waals surface area contributed by atoms with Gasteiger partial charge in [-0.15, -0.1) is 11.8 Å². The van der Waals surface area contributed by atoms with E-state index in [0.29, 0.717) is 17.5 Å². The molecule has 2 rings (SSSR count). The third-order valence-corrected chi connectivity index (χ3v) is 4.16. The van der Waals surface area contributed by atoms with Gasteiger partial charge in [0.05, 0.1) is 17.8 Å². The molecule has 0 aliphatic carbocycles. The number of aromatic nitrogens is 2. The largest absolute Gasteiger partial charge is 0.393 e. The van der Waals surface area contributed by atoms with Crippen LogP contribution in [0.2, 0.25) is 0 Å². The molecule has 0 bridgehead atoms. The zero-order valence-electron chi connectivity index (χ0n) is 12.3. The summed E-state index contributed by atoms with van der Waals surface area (Å²) in [6.07, 6.45) is -0.547. The molecule has 2 atom stereocenters. The molecular weight excluding hydrogens is 291 g/mol. The number of rotatable bonds is 6. The molecule has 0 radical (unpaired) electrons. The van der Waals surface area contributed by atoms with Crippen molar-refractivity contribution in [3.63, 3.8) is 0 Å². The lowest BCUT2D eigenvalue weighted by molar-refractivity contribution is 0.120. The summed E-state index contributed by atoms with van der Waals surface area (Å²) >= 11 is 1.44. The van der Waals surface area contributed by atoms with Gasteiger partial charge in [0.15, 0.2) is 5.82 Å². The molecule has 0 saturated carbocycles. The van der Waals surface area contributed by atoms with E-state index >= 15 is 0 Å². The molecular formula is C15H19FN2O2S. The maximum absolute atomic E-state index is 13.1. The van der Waals surface area contributed by atoms with Crippen molar-refractivity contribution < 1.29 is 14.0 Å². The van der Waals surface area contributed by atoms with Crippen LogP contribution in [0.25, 0.3) is 0 Å². The SMILES string of the molecule is CC(C)C(c1nc(CSc2cccc(F)c2)no1)C(C)O. The van der Waals surface area contributed by atoms with Crippen molar-refractivity contribution in [3.8, 4) is 0 Å². The molecule has 1 aromatic heterocycles. The highest BCUT2D eigenvalue weighted by Gasteiger charge is 2.27. The van der Waals surface area contributed by atoms with Gasteiger partial charge in [-0.3, -0.25) is 0 Å². The van der Waals surface area contributed by atoms with Crippen LogP contribution in [0.4, 0.5) is 4.39 Å². The maximum Gasteiger partial charge on any atom is 0.232 e. The van der Waals surface area contributed by atoms with Gasteiger partial charge in [-0.25, -0.2) is 4.39 Å². The Morgan fingerprint density at radius 2 is 2.10 bits per heavy atom. The number of benzene rings is 1. The molecule has 0 amide bonds. The van der Waals surface area contributed by atoms with Crippen molar-refractivity contribution in [2.45, 2.75) is 43.4 Å². The summed E-state index contributed by atoms with van der Waals surface area (Å²) in [5, 5.41) is 13.7. The fourth-order valence-electron chi connectivity index (χ4n) is 2.21. The third kappa shape index (κ3) is 4.28. The smallest absolute Gasteiger partial charge is 0.232 e. The molecule has 0 aliphatic rings. The number of halogens is 1. The van der Waals surface area contributed by atoms with Crippen LogP contribution in [-0.2, 0) is 5.75 Å². The van der Waals surface area contributed by atoms with Crippen molar-refractivity contribution in [2.75, 3.05) is 0 Å². The molecule has 2 aromatic rings. The summed E-state index contributed by atoms with van der Waals surface area (Å²) < 4.78 is 18.3. The maximum atomic E-state index is 13.1. The standard InChI is InChI=1S/C15H19FN2O2S/c1-9(2)14(10(3)19)15-17-13(18-20-15)8-21-12-6-4-5-11(16)7-12/h4-7,9-10,14,19H,8H2,1-3H3. The Kier molecular flexibility index (Phi) is 5.36. The monoisotopic (exact) mass is 310 g/mol.